The van der Waals surface area contributed by atoms with Gasteiger partial charge in [-0.1, -0.05) is 13.3 Å². The van der Waals surface area contributed by atoms with Crippen LogP contribution in [0.1, 0.15) is 19.8 Å². The van der Waals surface area contributed by atoms with E-state index < -0.39 is 0 Å². The summed E-state index contributed by atoms with van der Waals surface area (Å²) in [6, 6.07) is 6.29. The van der Waals surface area contributed by atoms with Gasteiger partial charge in [-0.15, -0.1) is 0 Å². The average molecular weight is 272 g/mol. The minimum absolute atomic E-state index is 0.797. The number of unbranched alkanes of at least 4 members (excludes halogenated alkanes) is 1. The molecule has 0 atom stereocenters. The Morgan fingerprint density at radius 1 is 1.37 bits per heavy atom. The van der Waals surface area contributed by atoms with Crippen LogP contribution in [0, 0.1) is 4.77 Å². The summed E-state index contributed by atoms with van der Waals surface area (Å²) in [6.07, 6.45) is 7.83. The number of fused-ring (bicyclic) bond motifs is 1. The number of aromatic amines is 1. The SMILES string of the molecule is CCCCn1c(=S)[nH]c2ccc(-n3ccnc3)cc21. The van der Waals surface area contributed by atoms with E-state index in [2.05, 4.69) is 39.7 Å². The van der Waals surface area contributed by atoms with Crippen LogP contribution in [0.5, 0.6) is 0 Å². The Morgan fingerprint density at radius 3 is 3.00 bits per heavy atom. The molecule has 1 aromatic carbocycles. The Balaban J connectivity index is 2.13. The maximum atomic E-state index is 5.40. The first-order valence-corrected chi connectivity index (χ1v) is 6.91. The van der Waals surface area contributed by atoms with Crippen LogP contribution in [0.3, 0.4) is 0 Å². The average Bonchev–Trinajstić information content (AvgIpc) is 3.03. The normalized spacial score (nSPS) is 11.2. The van der Waals surface area contributed by atoms with E-state index in [0.717, 1.165) is 40.9 Å². The molecule has 4 nitrogen and oxygen atoms in total. The Hall–Kier alpha value is -1.88. The summed E-state index contributed by atoms with van der Waals surface area (Å²) in [5.74, 6) is 0. The van der Waals surface area contributed by atoms with Crippen molar-refractivity contribution in [1.82, 2.24) is 19.1 Å². The molecule has 1 N–H and O–H groups in total. The van der Waals surface area contributed by atoms with Crippen LogP contribution in [0.4, 0.5) is 0 Å². The molecule has 0 fully saturated rings. The summed E-state index contributed by atoms with van der Waals surface area (Å²) in [6.45, 7) is 3.15. The van der Waals surface area contributed by atoms with Crippen molar-refractivity contribution in [2.45, 2.75) is 26.3 Å². The molecule has 0 spiro atoms. The summed E-state index contributed by atoms with van der Waals surface area (Å²) < 4.78 is 4.97. The van der Waals surface area contributed by atoms with Crippen molar-refractivity contribution >= 4 is 23.3 Å². The van der Waals surface area contributed by atoms with Gasteiger partial charge in [0, 0.05) is 24.6 Å². The number of benzene rings is 1. The van der Waals surface area contributed by atoms with E-state index in [1.165, 1.54) is 0 Å². The van der Waals surface area contributed by atoms with Gasteiger partial charge in [-0.25, -0.2) is 4.98 Å². The zero-order valence-electron chi connectivity index (χ0n) is 10.8. The number of nitrogens with one attached hydrogen (secondary N) is 1. The number of aryl methyl sites for hydroxylation is 1. The first-order chi connectivity index (χ1) is 9.29. The van der Waals surface area contributed by atoms with Crippen LogP contribution in [0.15, 0.2) is 36.9 Å². The van der Waals surface area contributed by atoms with Crippen molar-refractivity contribution in [1.29, 1.82) is 0 Å². The van der Waals surface area contributed by atoms with E-state index >= 15 is 0 Å². The fourth-order valence-electron chi connectivity index (χ4n) is 2.25. The lowest BCUT2D eigenvalue weighted by atomic mass is 10.2. The van der Waals surface area contributed by atoms with Gasteiger partial charge in [0.1, 0.15) is 0 Å². The highest BCUT2D eigenvalue weighted by atomic mass is 32.1. The molecule has 0 aliphatic carbocycles. The van der Waals surface area contributed by atoms with Crippen LogP contribution in [-0.4, -0.2) is 19.1 Å². The van der Waals surface area contributed by atoms with Crippen molar-refractivity contribution in [3.63, 3.8) is 0 Å². The lowest BCUT2D eigenvalue weighted by molar-refractivity contribution is 0.639. The Labute approximate surface area is 116 Å². The van der Waals surface area contributed by atoms with Gasteiger partial charge < -0.3 is 14.1 Å². The summed E-state index contributed by atoms with van der Waals surface area (Å²) in [4.78, 5) is 7.34. The molecule has 0 aliphatic heterocycles. The molecule has 2 aromatic heterocycles. The molecule has 5 heteroatoms. The predicted molar refractivity (Wildman–Crippen MR) is 79.2 cm³/mol. The molecule has 3 aromatic rings. The van der Waals surface area contributed by atoms with Gasteiger partial charge in [-0.05, 0) is 36.8 Å². The molecule has 0 saturated heterocycles. The van der Waals surface area contributed by atoms with Crippen LogP contribution in [-0.2, 0) is 6.54 Å². The minimum atomic E-state index is 0.797. The van der Waals surface area contributed by atoms with Crippen LogP contribution < -0.4 is 0 Å². The van der Waals surface area contributed by atoms with E-state index in [4.69, 9.17) is 12.2 Å². The largest absolute Gasteiger partial charge is 0.331 e. The topological polar surface area (TPSA) is 38.5 Å². The lowest BCUT2D eigenvalue weighted by Crippen LogP contribution is -1.98. The van der Waals surface area contributed by atoms with Gasteiger partial charge in [-0.3, -0.25) is 0 Å². The van der Waals surface area contributed by atoms with E-state index in [9.17, 15) is 0 Å². The first-order valence-electron chi connectivity index (χ1n) is 6.50. The van der Waals surface area contributed by atoms with Crippen LogP contribution >= 0.6 is 12.2 Å². The highest BCUT2D eigenvalue weighted by molar-refractivity contribution is 7.71. The molecule has 0 unspecified atom stereocenters. The number of imidazole rings is 2. The number of nitrogens with zero attached hydrogens (tertiary/aromatic N) is 3. The van der Waals surface area contributed by atoms with Crippen molar-refractivity contribution in [3.05, 3.63) is 41.7 Å². The number of rotatable bonds is 4. The number of hydrogen-bond donors (Lipinski definition) is 1. The van der Waals surface area contributed by atoms with E-state index in [0.29, 0.717) is 0 Å². The summed E-state index contributed by atoms with van der Waals surface area (Å²) in [5.41, 5.74) is 3.35. The smallest absolute Gasteiger partial charge is 0.178 e. The van der Waals surface area contributed by atoms with Crippen molar-refractivity contribution in [3.8, 4) is 5.69 Å². The number of H-pyrrole nitrogens is 1. The first kappa shape index (κ1) is 12.2. The maximum Gasteiger partial charge on any atom is 0.178 e. The maximum absolute atomic E-state index is 5.40. The Kier molecular flexibility index (Phi) is 3.21. The molecular weight excluding hydrogens is 256 g/mol. The fraction of sp³-hybridized carbons (Fsp3) is 0.286. The van der Waals surface area contributed by atoms with Crippen molar-refractivity contribution < 1.29 is 0 Å². The van der Waals surface area contributed by atoms with E-state index in [-0.39, 0.29) is 0 Å². The van der Waals surface area contributed by atoms with Gasteiger partial charge in [0.15, 0.2) is 4.77 Å². The number of hydrogen-bond acceptors (Lipinski definition) is 2. The summed E-state index contributed by atoms with van der Waals surface area (Å²) in [5, 5.41) is 0. The third-order valence-corrected chi connectivity index (χ3v) is 3.62. The quantitative estimate of drug-likeness (QED) is 0.736. The summed E-state index contributed by atoms with van der Waals surface area (Å²) >= 11 is 5.40. The van der Waals surface area contributed by atoms with E-state index in [1.54, 1.807) is 12.5 Å². The molecule has 98 valence electrons. The van der Waals surface area contributed by atoms with E-state index in [1.807, 2.05) is 10.8 Å². The Morgan fingerprint density at radius 2 is 2.26 bits per heavy atom. The fourth-order valence-corrected chi connectivity index (χ4v) is 2.55. The standard InChI is InChI=1S/C14H16N4S/c1-2-3-7-18-13-9-11(17-8-6-15-10-17)4-5-12(13)16-14(18)19/h4-6,8-10H,2-3,7H2,1H3,(H,16,19). The van der Waals surface area contributed by atoms with Gasteiger partial charge in [0.25, 0.3) is 0 Å². The number of aromatic nitrogens is 4. The third-order valence-electron chi connectivity index (χ3n) is 3.30. The predicted octanol–water partition coefficient (Wildman–Crippen LogP) is 3.68. The van der Waals surface area contributed by atoms with Gasteiger partial charge >= 0.3 is 0 Å². The van der Waals surface area contributed by atoms with Crippen molar-refractivity contribution in [2.24, 2.45) is 0 Å². The minimum Gasteiger partial charge on any atom is -0.331 e. The molecule has 0 radical (unpaired) electrons. The zero-order chi connectivity index (χ0) is 13.2. The lowest BCUT2D eigenvalue weighted by Gasteiger charge is -2.05. The summed E-state index contributed by atoms with van der Waals surface area (Å²) in [7, 11) is 0. The second-order valence-corrected chi connectivity index (χ2v) is 4.99. The van der Waals surface area contributed by atoms with Crippen molar-refractivity contribution in [2.75, 3.05) is 0 Å². The van der Waals surface area contributed by atoms with Crippen LogP contribution in [0.25, 0.3) is 16.7 Å². The van der Waals surface area contributed by atoms with Gasteiger partial charge in [0.05, 0.1) is 17.4 Å². The van der Waals surface area contributed by atoms with Gasteiger partial charge in [0.2, 0.25) is 0 Å². The highest BCUT2D eigenvalue weighted by Gasteiger charge is 2.05. The zero-order valence-corrected chi connectivity index (χ0v) is 11.7. The molecule has 0 amide bonds. The van der Waals surface area contributed by atoms with Crippen LogP contribution in [0.2, 0.25) is 0 Å². The highest BCUT2D eigenvalue weighted by Crippen LogP contribution is 2.19. The molecule has 0 bridgehead atoms. The third kappa shape index (κ3) is 2.21. The molecule has 0 aliphatic rings. The van der Waals surface area contributed by atoms with Gasteiger partial charge in [-0.2, -0.15) is 0 Å². The molecule has 0 saturated carbocycles. The molecule has 2 heterocycles. The second kappa shape index (κ2) is 5.01. The second-order valence-electron chi connectivity index (χ2n) is 4.61. The molecular formula is C14H16N4S. The molecule has 19 heavy (non-hydrogen) atoms. The monoisotopic (exact) mass is 272 g/mol. The molecule has 3 rings (SSSR count). The Bertz CT molecular complexity index is 736.